The summed E-state index contributed by atoms with van der Waals surface area (Å²) in [6.45, 7) is 4.96. The second kappa shape index (κ2) is 13.5. The minimum atomic E-state index is -0.725. The molecule has 0 spiro atoms. The molecule has 0 fully saturated rings. The maximum atomic E-state index is 14.5. The molecule has 1 unspecified atom stereocenters. The van der Waals surface area contributed by atoms with Gasteiger partial charge in [0.1, 0.15) is 23.8 Å². The van der Waals surface area contributed by atoms with Crippen LogP contribution in [0.1, 0.15) is 39.6 Å². The Morgan fingerprint density at radius 2 is 1.60 bits per heavy atom. The highest BCUT2D eigenvalue weighted by Crippen LogP contribution is 2.24. The lowest BCUT2D eigenvalue weighted by atomic mass is 9.97. The number of benzene rings is 3. The minimum Gasteiger partial charge on any atom is -0.446 e. The van der Waals surface area contributed by atoms with E-state index in [4.69, 9.17) is 4.42 Å². The lowest BCUT2D eigenvalue weighted by molar-refractivity contribution is -0.144. The molecule has 5 aromatic rings. The molecule has 1 aliphatic heterocycles. The van der Waals surface area contributed by atoms with Gasteiger partial charge in [0, 0.05) is 57.0 Å². The molecule has 2 aromatic heterocycles. The number of nitrogens with zero attached hydrogens (tertiary/aromatic N) is 5. The fourth-order valence-corrected chi connectivity index (χ4v) is 5.80. The maximum absolute atomic E-state index is 14.5. The monoisotopic (exact) mass is 597 g/mol. The van der Waals surface area contributed by atoms with Gasteiger partial charge in [-0.2, -0.15) is 0 Å². The minimum absolute atomic E-state index is 0.0679. The van der Waals surface area contributed by atoms with Gasteiger partial charge >= 0.3 is 0 Å². The molecule has 2 amide bonds. The summed E-state index contributed by atoms with van der Waals surface area (Å²) >= 11 is 0. The smallest absolute Gasteiger partial charge is 0.247 e. The van der Waals surface area contributed by atoms with Crippen molar-refractivity contribution in [1.29, 1.82) is 0 Å². The van der Waals surface area contributed by atoms with Crippen LogP contribution in [0.4, 0.5) is 0 Å². The molecule has 0 saturated heterocycles. The van der Waals surface area contributed by atoms with E-state index >= 15 is 0 Å². The Bertz CT molecular complexity index is 1800. The summed E-state index contributed by atoms with van der Waals surface area (Å²) in [6, 6.07) is 25.3. The van der Waals surface area contributed by atoms with Crippen LogP contribution in [0.5, 0.6) is 0 Å². The summed E-state index contributed by atoms with van der Waals surface area (Å²) in [5, 5.41) is 0. The first-order chi connectivity index (χ1) is 21.9. The van der Waals surface area contributed by atoms with Crippen LogP contribution in [0.15, 0.2) is 108 Å². The normalized spacial score (nSPS) is 13.4. The van der Waals surface area contributed by atoms with Crippen molar-refractivity contribution >= 4 is 17.9 Å². The maximum Gasteiger partial charge on any atom is 0.247 e. The standard InChI is InChI=1S/C37H35N5O3/c1-26-34(40-27(2)45-26)16-17-36(43)42(23-29-12-14-31(15-13-29)33-21-38-25-39-22-33)35(20-28-8-4-3-5-9-28)37(44)41-19-18-30-10-6-7-11-32(30)24-41/h3-17,21-22,25,35H,18-20,23-24H2,1-2H3. The Hall–Kier alpha value is -5.37. The molecule has 3 heterocycles. The Morgan fingerprint density at radius 1 is 0.889 bits per heavy atom. The molecule has 0 aliphatic carbocycles. The number of hydrogen-bond donors (Lipinski definition) is 0. The highest BCUT2D eigenvalue weighted by Gasteiger charge is 2.34. The summed E-state index contributed by atoms with van der Waals surface area (Å²) in [4.78, 5) is 44.9. The number of carbonyl (C=O) groups is 2. The van der Waals surface area contributed by atoms with E-state index in [0.29, 0.717) is 36.9 Å². The molecule has 1 aliphatic rings. The van der Waals surface area contributed by atoms with Crippen LogP contribution in [-0.4, -0.2) is 49.2 Å². The third kappa shape index (κ3) is 7.07. The molecule has 6 rings (SSSR count). The van der Waals surface area contributed by atoms with Crippen LogP contribution in [0.3, 0.4) is 0 Å². The van der Waals surface area contributed by atoms with E-state index in [9.17, 15) is 9.59 Å². The van der Waals surface area contributed by atoms with Crippen LogP contribution in [0.25, 0.3) is 17.2 Å². The van der Waals surface area contributed by atoms with E-state index in [0.717, 1.165) is 34.2 Å². The van der Waals surface area contributed by atoms with Gasteiger partial charge < -0.3 is 14.2 Å². The zero-order valence-corrected chi connectivity index (χ0v) is 25.5. The molecule has 1 atom stereocenters. The molecule has 8 nitrogen and oxygen atoms in total. The third-order valence-corrected chi connectivity index (χ3v) is 8.18. The zero-order chi connectivity index (χ0) is 31.2. The number of carbonyl (C=O) groups excluding carboxylic acids is 2. The van der Waals surface area contributed by atoms with Gasteiger partial charge in [-0.3, -0.25) is 9.59 Å². The molecule has 8 heteroatoms. The van der Waals surface area contributed by atoms with Crippen molar-refractivity contribution in [3.05, 3.63) is 143 Å². The van der Waals surface area contributed by atoms with Crippen molar-refractivity contribution in [3.63, 3.8) is 0 Å². The van der Waals surface area contributed by atoms with E-state index in [2.05, 4.69) is 27.1 Å². The number of oxazole rings is 1. The van der Waals surface area contributed by atoms with Crippen LogP contribution in [0, 0.1) is 13.8 Å². The Morgan fingerprint density at radius 3 is 2.31 bits per heavy atom. The van der Waals surface area contributed by atoms with Crippen LogP contribution >= 0.6 is 0 Å². The Balaban J connectivity index is 1.35. The molecule has 45 heavy (non-hydrogen) atoms. The summed E-state index contributed by atoms with van der Waals surface area (Å²) in [5.74, 6) is 0.819. The third-order valence-electron chi connectivity index (χ3n) is 8.18. The van der Waals surface area contributed by atoms with Gasteiger partial charge in [0.2, 0.25) is 11.8 Å². The first-order valence-corrected chi connectivity index (χ1v) is 15.1. The van der Waals surface area contributed by atoms with Gasteiger partial charge in [-0.05, 0) is 47.2 Å². The Labute approximate surface area is 263 Å². The van der Waals surface area contributed by atoms with Crippen LogP contribution in [0.2, 0.25) is 0 Å². The molecule has 0 N–H and O–H groups in total. The number of rotatable bonds is 9. The predicted octanol–water partition coefficient (Wildman–Crippen LogP) is 5.99. The van der Waals surface area contributed by atoms with E-state index in [1.807, 2.05) is 78.6 Å². The molecular formula is C37H35N5O3. The lowest BCUT2D eigenvalue weighted by Crippen LogP contribution is -2.52. The summed E-state index contributed by atoms with van der Waals surface area (Å²) in [7, 11) is 0. The van der Waals surface area contributed by atoms with Crippen molar-refractivity contribution in [2.45, 2.75) is 45.8 Å². The number of hydrogen-bond acceptors (Lipinski definition) is 6. The number of amides is 2. The molecule has 3 aromatic carbocycles. The average Bonchev–Trinajstić information content (AvgIpc) is 3.41. The van der Waals surface area contributed by atoms with E-state index in [1.54, 1.807) is 30.3 Å². The zero-order valence-electron chi connectivity index (χ0n) is 25.5. The highest BCUT2D eigenvalue weighted by molar-refractivity contribution is 5.95. The highest BCUT2D eigenvalue weighted by atomic mass is 16.4. The van der Waals surface area contributed by atoms with Crippen LogP contribution in [-0.2, 0) is 35.5 Å². The van der Waals surface area contributed by atoms with E-state index in [1.165, 1.54) is 18.0 Å². The summed E-state index contributed by atoms with van der Waals surface area (Å²) in [6.07, 6.45) is 9.37. The van der Waals surface area contributed by atoms with Crippen molar-refractivity contribution in [2.75, 3.05) is 6.54 Å². The molecule has 226 valence electrons. The first-order valence-electron chi connectivity index (χ1n) is 15.1. The second-order valence-corrected chi connectivity index (χ2v) is 11.3. The number of fused-ring (bicyclic) bond motifs is 1. The van der Waals surface area contributed by atoms with Crippen molar-refractivity contribution < 1.29 is 14.0 Å². The van der Waals surface area contributed by atoms with Gasteiger partial charge in [0.25, 0.3) is 0 Å². The first kappa shape index (κ1) is 29.7. The lowest BCUT2D eigenvalue weighted by Gasteiger charge is -2.37. The second-order valence-electron chi connectivity index (χ2n) is 11.3. The quantitative estimate of drug-likeness (QED) is 0.194. The molecule has 0 radical (unpaired) electrons. The van der Waals surface area contributed by atoms with Gasteiger partial charge in [-0.25, -0.2) is 15.0 Å². The topological polar surface area (TPSA) is 92.4 Å². The summed E-state index contributed by atoms with van der Waals surface area (Å²) in [5.41, 5.74) is 6.76. The largest absolute Gasteiger partial charge is 0.446 e. The van der Waals surface area contributed by atoms with Crippen molar-refractivity contribution in [3.8, 4) is 11.1 Å². The van der Waals surface area contributed by atoms with Gasteiger partial charge in [0.05, 0.1) is 0 Å². The summed E-state index contributed by atoms with van der Waals surface area (Å²) < 4.78 is 5.57. The predicted molar refractivity (Wildman–Crippen MR) is 173 cm³/mol. The SMILES string of the molecule is Cc1nc(C=CC(=O)N(Cc2ccc(-c3cncnc3)cc2)C(Cc2ccccc2)C(=O)N2CCc3ccccc3C2)c(C)o1. The number of aryl methyl sites for hydroxylation is 2. The fraction of sp³-hybridized carbons (Fsp3) is 0.216. The van der Waals surface area contributed by atoms with Gasteiger partial charge in [-0.15, -0.1) is 0 Å². The average molecular weight is 598 g/mol. The van der Waals surface area contributed by atoms with Gasteiger partial charge in [0.15, 0.2) is 5.89 Å². The molecule has 0 saturated carbocycles. The molecular weight excluding hydrogens is 562 g/mol. The molecule has 0 bridgehead atoms. The van der Waals surface area contributed by atoms with E-state index in [-0.39, 0.29) is 18.4 Å². The van der Waals surface area contributed by atoms with E-state index < -0.39 is 6.04 Å². The van der Waals surface area contributed by atoms with Gasteiger partial charge in [-0.1, -0.05) is 78.9 Å². The van der Waals surface area contributed by atoms with Crippen molar-refractivity contribution in [2.24, 2.45) is 0 Å². The van der Waals surface area contributed by atoms with Crippen LogP contribution < -0.4 is 0 Å². The fourth-order valence-electron chi connectivity index (χ4n) is 5.80. The Kier molecular flexibility index (Phi) is 8.91. The van der Waals surface area contributed by atoms with Crippen molar-refractivity contribution in [1.82, 2.24) is 24.8 Å². The number of aromatic nitrogens is 3.